The first-order valence-corrected chi connectivity index (χ1v) is 7.90. The Balaban J connectivity index is 1.63. The molecule has 1 aromatic carbocycles. The molecule has 6 nitrogen and oxygen atoms in total. The molecule has 0 spiro atoms. The highest BCUT2D eigenvalue weighted by Crippen LogP contribution is 2.23. The number of para-hydroxylation sites is 1. The number of nitrogens with one attached hydrogen (secondary N) is 1. The number of rotatable bonds is 6. The molecule has 6 heteroatoms. The molecule has 0 fully saturated rings. The van der Waals surface area contributed by atoms with Crippen molar-refractivity contribution in [2.45, 2.75) is 13.8 Å². The van der Waals surface area contributed by atoms with Crippen molar-refractivity contribution in [2.24, 2.45) is 7.05 Å². The van der Waals surface area contributed by atoms with Crippen LogP contribution in [0.1, 0.15) is 11.4 Å². The number of benzene rings is 1. The Morgan fingerprint density at radius 1 is 1.12 bits per heavy atom. The van der Waals surface area contributed by atoms with Crippen molar-refractivity contribution in [3.05, 3.63) is 54.0 Å². The van der Waals surface area contributed by atoms with Crippen molar-refractivity contribution in [3.8, 4) is 17.1 Å². The molecule has 0 aliphatic rings. The largest absolute Gasteiger partial charge is 0.492 e. The lowest BCUT2D eigenvalue weighted by atomic mass is 10.2. The van der Waals surface area contributed by atoms with Gasteiger partial charge in [-0.15, -0.1) is 0 Å². The quantitative estimate of drug-likeness (QED) is 0.707. The maximum Gasteiger partial charge on any atom is 0.165 e. The fourth-order valence-corrected chi connectivity index (χ4v) is 2.54. The average Bonchev–Trinajstić information content (AvgIpc) is 2.85. The summed E-state index contributed by atoms with van der Waals surface area (Å²) in [6.45, 7) is 5.22. The van der Waals surface area contributed by atoms with Crippen LogP contribution in [-0.4, -0.2) is 32.9 Å². The number of ether oxygens (including phenoxy) is 1. The lowest BCUT2D eigenvalue weighted by Gasteiger charge is -2.09. The highest BCUT2D eigenvalue weighted by atomic mass is 16.5. The molecule has 2 aromatic heterocycles. The zero-order valence-corrected chi connectivity index (χ0v) is 14.2. The second-order valence-electron chi connectivity index (χ2n) is 5.52. The average molecular weight is 323 g/mol. The van der Waals surface area contributed by atoms with Gasteiger partial charge in [0.25, 0.3) is 0 Å². The first-order valence-electron chi connectivity index (χ1n) is 7.90. The molecule has 0 amide bonds. The molecule has 3 rings (SSSR count). The number of aromatic nitrogens is 4. The number of hydrogen-bond donors (Lipinski definition) is 1. The smallest absolute Gasteiger partial charge is 0.165 e. The first kappa shape index (κ1) is 16.0. The summed E-state index contributed by atoms with van der Waals surface area (Å²) < 4.78 is 7.51. The van der Waals surface area contributed by atoms with E-state index in [4.69, 9.17) is 4.74 Å². The summed E-state index contributed by atoms with van der Waals surface area (Å²) in [5.74, 6) is 2.33. The molecule has 124 valence electrons. The molecular formula is C18H21N5O. The summed E-state index contributed by atoms with van der Waals surface area (Å²) in [6, 6.07) is 11.6. The van der Waals surface area contributed by atoms with Crippen molar-refractivity contribution >= 4 is 5.82 Å². The Bertz CT molecular complexity index is 814. The van der Waals surface area contributed by atoms with Crippen molar-refractivity contribution in [3.63, 3.8) is 0 Å². The van der Waals surface area contributed by atoms with Crippen molar-refractivity contribution < 1.29 is 4.74 Å². The maximum absolute atomic E-state index is 5.66. The third kappa shape index (κ3) is 3.53. The molecule has 0 aliphatic carbocycles. The van der Waals surface area contributed by atoms with E-state index >= 15 is 0 Å². The topological polar surface area (TPSA) is 64.9 Å². The van der Waals surface area contributed by atoms with Gasteiger partial charge in [0.2, 0.25) is 0 Å². The maximum atomic E-state index is 5.66. The van der Waals surface area contributed by atoms with Gasteiger partial charge in [0.1, 0.15) is 18.2 Å². The predicted molar refractivity (Wildman–Crippen MR) is 94.1 cm³/mol. The van der Waals surface area contributed by atoms with Crippen LogP contribution in [0.2, 0.25) is 0 Å². The second kappa shape index (κ2) is 7.12. The van der Waals surface area contributed by atoms with Gasteiger partial charge in [0, 0.05) is 18.9 Å². The van der Waals surface area contributed by atoms with Crippen molar-refractivity contribution in [1.82, 2.24) is 19.7 Å². The molecule has 0 saturated carbocycles. The zero-order valence-electron chi connectivity index (χ0n) is 14.2. The van der Waals surface area contributed by atoms with Crippen molar-refractivity contribution in [2.75, 3.05) is 18.5 Å². The molecule has 0 bridgehead atoms. The van der Waals surface area contributed by atoms with Gasteiger partial charge in [-0.3, -0.25) is 4.68 Å². The lowest BCUT2D eigenvalue weighted by Crippen LogP contribution is -2.12. The third-order valence-electron chi connectivity index (χ3n) is 3.81. The molecule has 24 heavy (non-hydrogen) atoms. The predicted octanol–water partition coefficient (Wildman–Crippen LogP) is 2.98. The van der Waals surface area contributed by atoms with E-state index in [1.54, 1.807) is 6.20 Å². The molecule has 0 saturated heterocycles. The third-order valence-corrected chi connectivity index (χ3v) is 3.81. The van der Waals surface area contributed by atoms with Gasteiger partial charge in [-0.2, -0.15) is 5.10 Å². The molecule has 3 aromatic rings. The fourth-order valence-electron chi connectivity index (χ4n) is 2.54. The highest BCUT2D eigenvalue weighted by molar-refractivity contribution is 5.62. The molecule has 1 N–H and O–H groups in total. The van der Waals surface area contributed by atoms with Crippen molar-refractivity contribution in [1.29, 1.82) is 0 Å². The minimum absolute atomic E-state index is 0.564. The minimum Gasteiger partial charge on any atom is -0.492 e. The van der Waals surface area contributed by atoms with E-state index in [1.807, 2.05) is 62.0 Å². The van der Waals surface area contributed by atoms with E-state index < -0.39 is 0 Å². The normalized spacial score (nSPS) is 10.6. The van der Waals surface area contributed by atoms with Gasteiger partial charge in [-0.05, 0) is 32.0 Å². The van der Waals surface area contributed by atoms with E-state index in [0.717, 1.165) is 28.5 Å². The first-order chi connectivity index (χ1) is 11.6. The van der Waals surface area contributed by atoms with Crippen LogP contribution >= 0.6 is 0 Å². The Hall–Kier alpha value is -2.89. The fraction of sp³-hybridized carbons (Fsp3) is 0.278. The summed E-state index contributed by atoms with van der Waals surface area (Å²) in [4.78, 5) is 8.98. The van der Waals surface area contributed by atoms with Crippen LogP contribution in [0.3, 0.4) is 0 Å². The van der Waals surface area contributed by atoms with E-state index in [2.05, 4.69) is 20.4 Å². The summed E-state index contributed by atoms with van der Waals surface area (Å²) >= 11 is 0. The van der Waals surface area contributed by atoms with Gasteiger partial charge >= 0.3 is 0 Å². The summed E-state index contributed by atoms with van der Waals surface area (Å²) in [5.41, 5.74) is 2.97. The van der Waals surface area contributed by atoms with E-state index in [-0.39, 0.29) is 0 Å². The van der Waals surface area contributed by atoms with E-state index in [0.29, 0.717) is 19.0 Å². The summed E-state index contributed by atoms with van der Waals surface area (Å²) in [7, 11) is 1.93. The van der Waals surface area contributed by atoms with Gasteiger partial charge in [0.05, 0.1) is 17.8 Å². The van der Waals surface area contributed by atoms with Crippen LogP contribution in [0.15, 0.2) is 42.6 Å². The number of anilines is 1. The summed E-state index contributed by atoms with van der Waals surface area (Å²) in [6.07, 6.45) is 1.76. The van der Waals surface area contributed by atoms with E-state index in [1.165, 1.54) is 0 Å². The molecule has 0 unspecified atom stereocenters. The number of hydrogen-bond acceptors (Lipinski definition) is 5. The highest BCUT2D eigenvalue weighted by Gasteiger charge is 2.14. The zero-order chi connectivity index (χ0) is 16.9. The second-order valence-corrected chi connectivity index (χ2v) is 5.52. The van der Waals surface area contributed by atoms with Crippen LogP contribution in [0.4, 0.5) is 5.82 Å². The van der Waals surface area contributed by atoms with Crippen LogP contribution in [0.5, 0.6) is 5.75 Å². The molecular weight excluding hydrogens is 302 g/mol. The number of aryl methyl sites for hydroxylation is 2. The Kier molecular flexibility index (Phi) is 4.74. The van der Waals surface area contributed by atoms with Crippen LogP contribution in [0.25, 0.3) is 11.4 Å². The standard InChI is InChI=1S/C18H21N5O/c1-13-17(14(2)23(3)22-13)18-20-10-9-16(21-18)19-11-12-24-15-7-5-4-6-8-15/h4-10H,11-12H2,1-3H3,(H,19,20,21). The molecule has 0 aliphatic heterocycles. The molecule has 2 heterocycles. The van der Waals surface area contributed by atoms with Crippen LogP contribution in [0, 0.1) is 13.8 Å². The van der Waals surface area contributed by atoms with Gasteiger partial charge in [0.15, 0.2) is 5.82 Å². The SMILES string of the molecule is Cc1nn(C)c(C)c1-c1nccc(NCCOc2ccccc2)n1. The summed E-state index contributed by atoms with van der Waals surface area (Å²) in [5, 5.41) is 7.69. The molecule has 0 atom stereocenters. The van der Waals surface area contributed by atoms with E-state index in [9.17, 15) is 0 Å². The minimum atomic E-state index is 0.564. The van der Waals surface area contributed by atoms with Crippen LogP contribution < -0.4 is 10.1 Å². The monoisotopic (exact) mass is 323 g/mol. The number of nitrogens with zero attached hydrogens (tertiary/aromatic N) is 4. The lowest BCUT2D eigenvalue weighted by molar-refractivity contribution is 0.333. The Morgan fingerprint density at radius 2 is 1.92 bits per heavy atom. The Labute approximate surface area is 141 Å². The Morgan fingerprint density at radius 3 is 2.62 bits per heavy atom. The van der Waals surface area contributed by atoms with Gasteiger partial charge < -0.3 is 10.1 Å². The van der Waals surface area contributed by atoms with Crippen LogP contribution in [-0.2, 0) is 7.05 Å². The van der Waals surface area contributed by atoms with Gasteiger partial charge in [-0.1, -0.05) is 18.2 Å². The molecule has 0 radical (unpaired) electrons. The van der Waals surface area contributed by atoms with Gasteiger partial charge in [-0.25, -0.2) is 9.97 Å².